The summed E-state index contributed by atoms with van der Waals surface area (Å²) in [6.45, 7) is 4.28. The average molecular weight is 302 g/mol. The van der Waals surface area contributed by atoms with Crippen LogP contribution < -0.4 is 5.32 Å². The number of unbranched alkanes of at least 4 members (excludes halogenated alkanes) is 1. The summed E-state index contributed by atoms with van der Waals surface area (Å²) in [7, 11) is 0. The largest absolute Gasteiger partial charge is 0.352 e. The van der Waals surface area contributed by atoms with E-state index in [0.717, 1.165) is 49.9 Å². The minimum absolute atomic E-state index is 0.0783. The second-order valence-corrected chi connectivity index (χ2v) is 5.93. The van der Waals surface area contributed by atoms with Gasteiger partial charge in [0.15, 0.2) is 0 Å². The summed E-state index contributed by atoms with van der Waals surface area (Å²) in [6.07, 6.45) is 5.92. The fraction of sp³-hybridized carbons (Fsp3) is 0.556. The molecule has 0 bridgehead atoms. The predicted molar refractivity (Wildman–Crippen MR) is 87.6 cm³/mol. The second-order valence-electron chi connectivity index (χ2n) is 5.93. The number of hydrogen-bond donors (Lipinski definition) is 1. The monoisotopic (exact) mass is 302 g/mol. The Balaban J connectivity index is 1.91. The molecule has 1 saturated heterocycles. The van der Waals surface area contributed by atoms with Crippen LogP contribution in [0.3, 0.4) is 0 Å². The van der Waals surface area contributed by atoms with Gasteiger partial charge in [0, 0.05) is 31.6 Å². The highest BCUT2D eigenvalue weighted by Gasteiger charge is 2.18. The third kappa shape index (κ3) is 4.86. The molecule has 0 radical (unpaired) electrons. The molecule has 1 aliphatic heterocycles. The summed E-state index contributed by atoms with van der Waals surface area (Å²) in [5, 5.41) is 2.92. The summed E-state index contributed by atoms with van der Waals surface area (Å²) in [5.74, 6) is 0.188. The van der Waals surface area contributed by atoms with E-state index in [9.17, 15) is 9.59 Å². The van der Waals surface area contributed by atoms with Crippen molar-refractivity contribution >= 4 is 11.8 Å². The van der Waals surface area contributed by atoms with Crippen LogP contribution in [-0.4, -0.2) is 29.8 Å². The van der Waals surface area contributed by atoms with Crippen LogP contribution in [0.4, 0.5) is 0 Å². The fourth-order valence-corrected chi connectivity index (χ4v) is 2.72. The molecule has 4 nitrogen and oxygen atoms in total. The molecule has 1 aromatic rings. The maximum absolute atomic E-state index is 12.5. The highest BCUT2D eigenvalue weighted by atomic mass is 16.2. The van der Waals surface area contributed by atoms with Crippen molar-refractivity contribution in [2.45, 2.75) is 52.0 Å². The van der Waals surface area contributed by atoms with Gasteiger partial charge in [0.25, 0.3) is 5.91 Å². The Labute approximate surface area is 132 Å². The Morgan fingerprint density at radius 3 is 2.68 bits per heavy atom. The molecular weight excluding hydrogens is 276 g/mol. The number of carbonyl (C=O) groups excluding carboxylic acids is 2. The number of carbonyl (C=O) groups is 2. The van der Waals surface area contributed by atoms with Crippen molar-refractivity contribution in [2.75, 3.05) is 13.1 Å². The number of amides is 2. The van der Waals surface area contributed by atoms with Crippen molar-refractivity contribution in [2.24, 2.45) is 0 Å². The van der Waals surface area contributed by atoms with Gasteiger partial charge in [-0.05, 0) is 43.4 Å². The number of likely N-dealkylation sites (tertiary alicyclic amines) is 1. The molecule has 0 aliphatic carbocycles. The minimum atomic E-state index is 0.0783. The van der Waals surface area contributed by atoms with Crippen LogP contribution in [0.5, 0.6) is 0 Å². The SMILES string of the molecule is CCCCC(=O)NCc1cccc(C(=O)N2CCCCC2)c1. The molecule has 120 valence electrons. The molecule has 4 heteroatoms. The van der Waals surface area contributed by atoms with E-state index in [0.29, 0.717) is 13.0 Å². The Morgan fingerprint density at radius 2 is 1.95 bits per heavy atom. The van der Waals surface area contributed by atoms with Crippen molar-refractivity contribution in [3.8, 4) is 0 Å². The predicted octanol–water partition coefficient (Wildman–Crippen LogP) is 3.12. The van der Waals surface area contributed by atoms with Gasteiger partial charge in [0.1, 0.15) is 0 Å². The summed E-state index contributed by atoms with van der Waals surface area (Å²) in [5.41, 5.74) is 1.70. The van der Waals surface area contributed by atoms with Crippen LogP contribution in [0.2, 0.25) is 0 Å². The second kappa shape index (κ2) is 8.57. The van der Waals surface area contributed by atoms with E-state index in [1.54, 1.807) is 0 Å². The molecule has 0 atom stereocenters. The molecule has 2 rings (SSSR count). The van der Waals surface area contributed by atoms with E-state index in [4.69, 9.17) is 0 Å². The average Bonchev–Trinajstić information content (AvgIpc) is 2.58. The van der Waals surface area contributed by atoms with Gasteiger partial charge in [-0.15, -0.1) is 0 Å². The zero-order valence-electron chi connectivity index (χ0n) is 13.4. The van der Waals surface area contributed by atoms with Gasteiger partial charge >= 0.3 is 0 Å². The molecule has 1 fully saturated rings. The molecule has 0 spiro atoms. The van der Waals surface area contributed by atoms with E-state index >= 15 is 0 Å². The van der Waals surface area contributed by atoms with E-state index in [1.165, 1.54) is 6.42 Å². The van der Waals surface area contributed by atoms with E-state index in [2.05, 4.69) is 12.2 Å². The van der Waals surface area contributed by atoms with Crippen LogP contribution >= 0.6 is 0 Å². The lowest BCUT2D eigenvalue weighted by molar-refractivity contribution is -0.121. The normalized spacial score (nSPS) is 14.7. The first-order valence-electron chi connectivity index (χ1n) is 8.35. The highest BCUT2D eigenvalue weighted by molar-refractivity contribution is 5.94. The van der Waals surface area contributed by atoms with Gasteiger partial charge in [-0.1, -0.05) is 25.5 Å². The maximum Gasteiger partial charge on any atom is 0.253 e. The molecule has 2 amide bonds. The van der Waals surface area contributed by atoms with E-state index in [-0.39, 0.29) is 11.8 Å². The first kappa shape index (κ1) is 16.5. The lowest BCUT2D eigenvalue weighted by Crippen LogP contribution is -2.35. The lowest BCUT2D eigenvalue weighted by Gasteiger charge is -2.26. The van der Waals surface area contributed by atoms with E-state index < -0.39 is 0 Å². The number of nitrogens with one attached hydrogen (secondary N) is 1. The van der Waals surface area contributed by atoms with Crippen LogP contribution in [-0.2, 0) is 11.3 Å². The zero-order valence-corrected chi connectivity index (χ0v) is 13.4. The summed E-state index contributed by atoms with van der Waals surface area (Å²) in [6, 6.07) is 7.61. The standard InChI is InChI=1S/C18H26N2O2/c1-2-3-10-17(21)19-14-15-8-7-9-16(13-15)18(22)20-11-5-4-6-12-20/h7-9,13H,2-6,10-12,14H2,1H3,(H,19,21). The molecule has 0 saturated carbocycles. The van der Waals surface area contributed by atoms with Gasteiger partial charge in [0.2, 0.25) is 5.91 Å². The number of hydrogen-bond acceptors (Lipinski definition) is 2. The van der Waals surface area contributed by atoms with Gasteiger partial charge in [0.05, 0.1) is 0 Å². The maximum atomic E-state index is 12.5. The smallest absolute Gasteiger partial charge is 0.253 e. The van der Waals surface area contributed by atoms with E-state index in [1.807, 2.05) is 29.2 Å². The molecule has 1 heterocycles. The van der Waals surface area contributed by atoms with Crippen LogP contribution in [0.25, 0.3) is 0 Å². The Kier molecular flexibility index (Phi) is 6.44. The lowest BCUT2D eigenvalue weighted by atomic mass is 10.1. The molecular formula is C18H26N2O2. The first-order chi connectivity index (χ1) is 10.7. The molecule has 1 aliphatic rings. The van der Waals surface area contributed by atoms with Crippen molar-refractivity contribution in [3.05, 3.63) is 35.4 Å². The number of nitrogens with zero attached hydrogens (tertiary/aromatic N) is 1. The van der Waals surface area contributed by atoms with Crippen LogP contribution in [0, 0.1) is 0 Å². The number of piperidine rings is 1. The highest BCUT2D eigenvalue weighted by Crippen LogP contribution is 2.14. The van der Waals surface area contributed by atoms with Crippen molar-refractivity contribution in [3.63, 3.8) is 0 Å². The third-order valence-corrected chi connectivity index (χ3v) is 4.06. The number of benzene rings is 1. The van der Waals surface area contributed by atoms with Crippen molar-refractivity contribution in [1.82, 2.24) is 10.2 Å². The zero-order chi connectivity index (χ0) is 15.8. The molecule has 0 aromatic heterocycles. The number of rotatable bonds is 6. The van der Waals surface area contributed by atoms with Crippen LogP contribution in [0.1, 0.15) is 61.4 Å². The summed E-state index contributed by atoms with van der Waals surface area (Å²) in [4.78, 5) is 26.1. The third-order valence-electron chi connectivity index (χ3n) is 4.06. The summed E-state index contributed by atoms with van der Waals surface area (Å²) < 4.78 is 0. The minimum Gasteiger partial charge on any atom is -0.352 e. The van der Waals surface area contributed by atoms with Gasteiger partial charge < -0.3 is 10.2 Å². The quantitative estimate of drug-likeness (QED) is 0.877. The van der Waals surface area contributed by atoms with Crippen molar-refractivity contribution < 1.29 is 9.59 Å². The topological polar surface area (TPSA) is 49.4 Å². The molecule has 0 unspecified atom stereocenters. The van der Waals surface area contributed by atoms with Crippen molar-refractivity contribution in [1.29, 1.82) is 0 Å². The fourth-order valence-electron chi connectivity index (χ4n) is 2.72. The Hall–Kier alpha value is -1.84. The first-order valence-corrected chi connectivity index (χ1v) is 8.35. The van der Waals surface area contributed by atoms with Gasteiger partial charge in [-0.2, -0.15) is 0 Å². The Morgan fingerprint density at radius 1 is 1.18 bits per heavy atom. The Bertz CT molecular complexity index is 508. The molecule has 1 N–H and O–H groups in total. The van der Waals surface area contributed by atoms with Gasteiger partial charge in [-0.3, -0.25) is 9.59 Å². The molecule has 1 aromatic carbocycles. The van der Waals surface area contributed by atoms with Gasteiger partial charge in [-0.25, -0.2) is 0 Å². The molecule has 22 heavy (non-hydrogen) atoms. The summed E-state index contributed by atoms with van der Waals surface area (Å²) >= 11 is 0. The van der Waals surface area contributed by atoms with Crippen LogP contribution in [0.15, 0.2) is 24.3 Å².